The summed E-state index contributed by atoms with van der Waals surface area (Å²) in [6.45, 7) is 0.612. The predicted octanol–water partition coefficient (Wildman–Crippen LogP) is 3.68. The van der Waals surface area contributed by atoms with Crippen LogP contribution in [0.5, 0.6) is 0 Å². The lowest BCUT2D eigenvalue weighted by atomic mass is 9.94. The van der Waals surface area contributed by atoms with E-state index >= 15 is 0 Å². The van der Waals surface area contributed by atoms with Crippen LogP contribution in [0.25, 0.3) is 22.3 Å². The van der Waals surface area contributed by atoms with Crippen molar-refractivity contribution >= 4 is 16.9 Å². The van der Waals surface area contributed by atoms with Crippen molar-refractivity contribution in [3.8, 4) is 11.3 Å². The number of fused-ring (bicyclic) bond motifs is 1. The number of aromatic amines is 2. The fourth-order valence-corrected chi connectivity index (χ4v) is 3.53. The van der Waals surface area contributed by atoms with Gasteiger partial charge in [0.1, 0.15) is 17.2 Å². The average molecular weight is 361 g/mol. The van der Waals surface area contributed by atoms with Gasteiger partial charge < -0.3 is 9.88 Å². The van der Waals surface area contributed by atoms with Gasteiger partial charge in [0.25, 0.3) is 5.91 Å². The number of aromatic nitrogens is 4. The minimum absolute atomic E-state index is 0.141. The Morgan fingerprint density at radius 1 is 1.22 bits per heavy atom. The second-order valence-electron chi connectivity index (χ2n) is 6.63. The summed E-state index contributed by atoms with van der Waals surface area (Å²) >= 11 is 0. The maximum atomic E-state index is 14.1. The number of carbonyl (C=O) groups excluding carboxylic acids is 1. The van der Waals surface area contributed by atoms with Crippen LogP contribution in [0, 0.1) is 5.82 Å². The number of H-pyrrole nitrogens is 2. The molecule has 1 amide bonds. The second kappa shape index (κ2) is 6.05. The van der Waals surface area contributed by atoms with Gasteiger partial charge in [0, 0.05) is 29.3 Å². The number of rotatable bonds is 3. The molecule has 3 aromatic heterocycles. The number of nitrogens with zero attached hydrogens (tertiary/aromatic N) is 3. The summed E-state index contributed by atoms with van der Waals surface area (Å²) in [5.41, 5.74) is 3.31. The summed E-state index contributed by atoms with van der Waals surface area (Å²) in [6, 6.07) is 12.0. The van der Waals surface area contributed by atoms with Crippen LogP contribution in [0.1, 0.15) is 28.5 Å². The number of amides is 1. The molecule has 0 spiro atoms. The molecule has 0 aliphatic carbocycles. The standard InChI is InChI=1S/C20H16FN5O/c21-15-4-2-1-3-14(15)18-7-8-26(18)20(27)17-9-12-5-6-16(24-19(12)25-17)13-10-22-23-11-13/h1-6,9-11,18H,7-8H2,(H,22,23)(H,24,25)/t18-/m1/s1. The summed E-state index contributed by atoms with van der Waals surface area (Å²) < 4.78 is 14.1. The highest BCUT2D eigenvalue weighted by Crippen LogP contribution is 2.36. The first-order chi connectivity index (χ1) is 13.2. The van der Waals surface area contributed by atoms with Crippen molar-refractivity contribution < 1.29 is 9.18 Å². The molecule has 7 heteroatoms. The van der Waals surface area contributed by atoms with Crippen molar-refractivity contribution in [3.63, 3.8) is 0 Å². The van der Waals surface area contributed by atoms with Crippen molar-refractivity contribution in [1.29, 1.82) is 0 Å². The highest BCUT2D eigenvalue weighted by molar-refractivity contribution is 5.98. The van der Waals surface area contributed by atoms with E-state index in [-0.39, 0.29) is 17.8 Å². The Labute approximate surface area is 154 Å². The maximum absolute atomic E-state index is 14.1. The maximum Gasteiger partial charge on any atom is 0.270 e. The fraction of sp³-hybridized carbons (Fsp3) is 0.150. The normalized spacial score (nSPS) is 16.5. The number of hydrogen-bond acceptors (Lipinski definition) is 3. The van der Waals surface area contributed by atoms with Crippen molar-refractivity contribution in [2.24, 2.45) is 0 Å². The lowest BCUT2D eigenvalue weighted by Gasteiger charge is -2.41. The molecule has 0 radical (unpaired) electrons. The first-order valence-corrected chi connectivity index (χ1v) is 8.75. The van der Waals surface area contributed by atoms with Gasteiger partial charge in [0.2, 0.25) is 0 Å². The van der Waals surface area contributed by atoms with Crippen LogP contribution in [0.4, 0.5) is 4.39 Å². The van der Waals surface area contributed by atoms with E-state index in [1.807, 2.05) is 12.1 Å². The third-order valence-corrected chi connectivity index (χ3v) is 5.05. The second-order valence-corrected chi connectivity index (χ2v) is 6.63. The number of pyridine rings is 1. The topological polar surface area (TPSA) is 77.7 Å². The van der Waals surface area contributed by atoms with E-state index in [4.69, 9.17) is 0 Å². The molecule has 6 nitrogen and oxygen atoms in total. The van der Waals surface area contributed by atoms with Gasteiger partial charge in [-0.15, -0.1) is 0 Å². The van der Waals surface area contributed by atoms with Crippen LogP contribution in [-0.4, -0.2) is 37.5 Å². The highest BCUT2D eigenvalue weighted by Gasteiger charge is 2.35. The third-order valence-electron chi connectivity index (χ3n) is 5.05. The van der Waals surface area contributed by atoms with Crippen LogP contribution in [0.3, 0.4) is 0 Å². The van der Waals surface area contributed by atoms with Crippen LogP contribution in [0.2, 0.25) is 0 Å². The molecule has 4 heterocycles. The Hall–Kier alpha value is -3.48. The van der Waals surface area contributed by atoms with Crippen LogP contribution in [0.15, 0.2) is 54.9 Å². The Bertz CT molecular complexity index is 1130. The van der Waals surface area contributed by atoms with E-state index in [1.165, 1.54) is 6.07 Å². The summed E-state index contributed by atoms with van der Waals surface area (Å²) in [5.74, 6) is -0.416. The molecule has 2 N–H and O–H groups in total. The Kier molecular flexibility index (Phi) is 3.53. The number of benzene rings is 1. The quantitative estimate of drug-likeness (QED) is 0.584. The van der Waals surface area contributed by atoms with Crippen molar-refractivity contribution in [2.75, 3.05) is 6.54 Å². The zero-order valence-corrected chi connectivity index (χ0v) is 14.3. The van der Waals surface area contributed by atoms with Gasteiger partial charge in [0.05, 0.1) is 17.9 Å². The molecule has 5 rings (SSSR count). The zero-order valence-electron chi connectivity index (χ0n) is 14.3. The lowest BCUT2D eigenvalue weighted by molar-refractivity contribution is 0.0448. The molecule has 134 valence electrons. The zero-order chi connectivity index (χ0) is 18.4. The van der Waals surface area contributed by atoms with Gasteiger partial charge in [-0.25, -0.2) is 9.37 Å². The van der Waals surface area contributed by atoms with E-state index in [9.17, 15) is 9.18 Å². The largest absolute Gasteiger partial charge is 0.335 e. The molecule has 27 heavy (non-hydrogen) atoms. The van der Waals surface area contributed by atoms with E-state index in [0.29, 0.717) is 23.4 Å². The number of halogens is 1. The molecular weight excluding hydrogens is 345 g/mol. The highest BCUT2D eigenvalue weighted by atomic mass is 19.1. The van der Waals surface area contributed by atoms with E-state index in [0.717, 1.165) is 23.1 Å². The van der Waals surface area contributed by atoms with Crippen molar-refractivity contribution in [2.45, 2.75) is 12.5 Å². The average Bonchev–Trinajstić information content (AvgIpc) is 3.31. The molecule has 1 aliphatic rings. The first kappa shape index (κ1) is 15.7. The predicted molar refractivity (Wildman–Crippen MR) is 98.5 cm³/mol. The Morgan fingerprint density at radius 2 is 2.11 bits per heavy atom. The van der Waals surface area contributed by atoms with Crippen molar-refractivity contribution in [1.82, 2.24) is 25.1 Å². The molecule has 0 saturated carbocycles. The number of hydrogen-bond donors (Lipinski definition) is 2. The minimum atomic E-state index is -0.275. The monoisotopic (exact) mass is 361 g/mol. The SMILES string of the molecule is O=C(c1cc2ccc(-c3cn[nH]c3)nc2[nH]1)N1CC[C@@H]1c1ccccc1F. The van der Waals surface area contributed by atoms with Gasteiger partial charge >= 0.3 is 0 Å². The van der Waals surface area contributed by atoms with E-state index < -0.39 is 0 Å². The molecule has 1 atom stereocenters. The summed E-state index contributed by atoms with van der Waals surface area (Å²) in [7, 11) is 0. The Balaban J connectivity index is 1.45. The molecule has 0 bridgehead atoms. The summed E-state index contributed by atoms with van der Waals surface area (Å²) in [4.78, 5) is 22.3. The third kappa shape index (κ3) is 2.59. The van der Waals surface area contributed by atoms with E-state index in [1.54, 1.807) is 41.6 Å². The summed E-state index contributed by atoms with van der Waals surface area (Å²) in [6.07, 6.45) is 4.22. The Morgan fingerprint density at radius 3 is 2.85 bits per heavy atom. The van der Waals surface area contributed by atoms with Gasteiger partial charge in [0.15, 0.2) is 0 Å². The van der Waals surface area contributed by atoms with Crippen LogP contribution >= 0.6 is 0 Å². The molecule has 1 saturated heterocycles. The molecule has 4 aromatic rings. The fourth-order valence-electron chi connectivity index (χ4n) is 3.53. The van der Waals surface area contributed by atoms with Crippen LogP contribution < -0.4 is 0 Å². The minimum Gasteiger partial charge on any atom is -0.335 e. The first-order valence-electron chi connectivity index (χ1n) is 8.75. The van der Waals surface area contributed by atoms with Crippen molar-refractivity contribution in [3.05, 3.63) is 71.9 Å². The van der Waals surface area contributed by atoms with Crippen LogP contribution in [-0.2, 0) is 0 Å². The van der Waals surface area contributed by atoms with Gasteiger partial charge in [-0.05, 0) is 30.7 Å². The lowest BCUT2D eigenvalue weighted by Crippen LogP contribution is -2.45. The molecule has 0 unspecified atom stereocenters. The smallest absolute Gasteiger partial charge is 0.270 e. The van der Waals surface area contributed by atoms with E-state index in [2.05, 4.69) is 20.2 Å². The van der Waals surface area contributed by atoms with Gasteiger partial charge in [-0.3, -0.25) is 9.89 Å². The number of carbonyl (C=O) groups is 1. The van der Waals surface area contributed by atoms with Gasteiger partial charge in [-0.1, -0.05) is 18.2 Å². The number of nitrogens with one attached hydrogen (secondary N) is 2. The number of likely N-dealkylation sites (tertiary alicyclic amines) is 1. The molecule has 1 aromatic carbocycles. The molecule has 1 aliphatic heterocycles. The molecular formula is C20H16FN5O. The molecule has 1 fully saturated rings. The van der Waals surface area contributed by atoms with Gasteiger partial charge in [-0.2, -0.15) is 5.10 Å². The summed E-state index contributed by atoms with van der Waals surface area (Å²) in [5, 5.41) is 7.55.